The zero-order valence-electron chi connectivity index (χ0n) is 24.0. The van der Waals surface area contributed by atoms with Crippen LogP contribution in [0.4, 0.5) is 0 Å². The molecule has 0 saturated carbocycles. The van der Waals surface area contributed by atoms with Gasteiger partial charge in [0.25, 0.3) is 5.91 Å². The van der Waals surface area contributed by atoms with Crippen molar-refractivity contribution in [2.45, 2.75) is 44.4 Å². The van der Waals surface area contributed by atoms with E-state index >= 15 is 0 Å². The number of aliphatic hydroxyl groups excluding tert-OH is 1. The van der Waals surface area contributed by atoms with Gasteiger partial charge in [-0.3, -0.25) is 10.2 Å². The summed E-state index contributed by atoms with van der Waals surface area (Å²) >= 11 is 0. The molecule has 42 heavy (non-hydrogen) atoms. The standard InChI is InChI=1S/C35H37N3O4/c1-25(2)37-38-34(40)35(24-26-10-5-3-6-11-26)32(29-16-14-28(15-17-29)27-12-7-4-8-13-27)42-33(36-35)30-18-20-31(21-19-30)41-23-9-22-39/h3-8,10-21,25,32,37,39H,9,22-24H2,1-2H3,(H,38,40)/t32-,35-/m0/s1. The zero-order chi connectivity index (χ0) is 29.4. The lowest BCUT2D eigenvalue weighted by atomic mass is 9.82. The fourth-order valence-electron chi connectivity index (χ4n) is 4.99. The molecule has 0 bridgehead atoms. The first-order valence-corrected chi connectivity index (χ1v) is 14.3. The molecule has 1 aliphatic heterocycles. The van der Waals surface area contributed by atoms with Gasteiger partial charge < -0.3 is 14.6 Å². The van der Waals surface area contributed by atoms with E-state index in [2.05, 4.69) is 35.1 Å². The van der Waals surface area contributed by atoms with Crippen LogP contribution in [0.3, 0.4) is 0 Å². The molecular formula is C35H37N3O4. The van der Waals surface area contributed by atoms with Crippen LogP contribution >= 0.6 is 0 Å². The maximum atomic E-state index is 14.1. The molecule has 4 aromatic carbocycles. The average Bonchev–Trinajstić information content (AvgIpc) is 3.41. The van der Waals surface area contributed by atoms with Crippen molar-refractivity contribution in [2.24, 2.45) is 4.99 Å². The van der Waals surface area contributed by atoms with Crippen LogP contribution in [0.2, 0.25) is 0 Å². The largest absolute Gasteiger partial charge is 0.494 e. The summed E-state index contributed by atoms with van der Waals surface area (Å²) in [6, 6.07) is 35.7. The monoisotopic (exact) mass is 563 g/mol. The van der Waals surface area contributed by atoms with Crippen molar-refractivity contribution in [3.8, 4) is 16.9 Å². The van der Waals surface area contributed by atoms with Gasteiger partial charge in [-0.05, 0) is 60.4 Å². The lowest BCUT2D eigenvalue weighted by molar-refractivity contribution is -0.130. The minimum absolute atomic E-state index is 0.0375. The van der Waals surface area contributed by atoms with E-state index in [4.69, 9.17) is 19.6 Å². The van der Waals surface area contributed by atoms with E-state index in [1.807, 2.05) is 98.8 Å². The van der Waals surface area contributed by atoms with Crippen LogP contribution < -0.4 is 15.6 Å². The van der Waals surface area contributed by atoms with Crippen molar-refractivity contribution in [2.75, 3.05) is 13.2 Å². The predicted molar refractivity (Wildman–Crippen MR) is 165 cm³/mol. The summed E-state index contributed by atoms with van der Waals surface area (Å²) in [6.07, 6.45) is 0.229. The number of aliphatic hydroxyl groups is 1. The highest BCUT2D eigenvalue weighted by molar-refractivity contribution is 6.01. The molecule has 0 aromatic heterocycles. The summed E-state index contributed by atoms with van der Waals surface area (Å²) in [5, 5.41) is 9.04. The first-order chi connectivity index (χ1) is 20.5. The van der Waals surface area contributed by atoms with Crippen molar-refractivity contribution in [3.05, 3.63) is 126 Å². The Morgan fingerprint density at radius 1 is 0.881 bits per heavy atom. The van der Waals surface area contributed by atoms with Crippen molar-refractivity contribution in [1.82, 2.24) is 10.9 Å². The van der Waals surface area contributed by atoms with Gasteiger partial charge in [0.15, 0.2) is 11.6 Å². The lowest BCUT2D eigenvalue weighted by Gasteiger charge is -2.31. The summed E-state index contributed by atoms with van der Waals surface area (Å²) < 4.78 is 12.3. The van der Waals surface area contributed by atoms with Gasteiger partial charge in [-0.1, -0.05) is 84.9 Å². The molecular weight excluding hydrogens is 526 g/mol. The Balaban J connectivity index is 1.54. The van der Waals surface area contributed by atoms with E-state index in [0.29, 0.717) is 31.1 Å². The van der Waals surface area contributed by atoms with Crippen LogP contribution in [0.25, 0.3) is 11.1 Å². The van der Waals surface area contributed by atoms with E-state index in [0.717, 1.165) is 27.8 Å². The molecule has 0 fully saturated rings. The molecule has 2 atom stereocenters. The number of aliphatic imine (C=N–C) groups is 1. The number of carbonyl (C=O) groups is 1. The van der Waals surface area contributed by atoms with Gasteiger partial charge in [0.05, 0.1) is 6.61 Å². The molecule has 7 nitrogen and oxygen atoms in total. The number of nitrogens with zero attached hydrogens (tertiary/aromatic N) is 1. The average molecular weight is 564 g/mol. The quantitative estimate of drug-likeness (QED) is 0.153. The summed E-state index contributed by atoms with van der Waals surface area (Å²) in [6.45, 7) is 4.44. The van der Waals surface area contributed by atoms with E-state index in [-0.39, 0.29) is 18.6 Å². The third-order valence-electron chi connectivity index (χ3n) is 7.14. The second kappa shape index (κ2) is 13.5. The normalized spacial score (nSPS) is 17.9. The first-order valence-electron chi connectivity index (χ1n) is 14.3. The highest BCUT2D eigenvalue weighted by atomic mass is 16.5. The van der Waals surface area contributed by atoms with Crippen LogP contribution in [0.1, 0.15) is 43.1 Å². The van der Waals surface area contributed by atoms with Crippen LogP contribution in [-0.2, 0) is 16.0 Å². The van der Waals surface area contributed by atoms with E-state index in [1.54, 1.807) is 0 Å². The molecule has 0 spiro atoms. The number of rotatable bonds is 12. The topological polar surface area (TPSA) is 92.2 Å². The Hall–Kier alpha value is -4.46. The Morgan fingerprint density at radius 2 is 1.50 bits per heavy atom. The summed E-state index contributed by atoms with van der Waals surface area (Å²) in [7, 11) is 0. The van der Waals surface area contributed by atoms with E-state index in [1.165, 1.54) is 0 Å². The van der Waals surface area contributed by atoms with Crippen molar-refractivity contribution in [1.29, 1.82) is 0 Å². The zero-order valence-corrected chi connectivity index (χ0v) is 24.0. The minimum Gasteiger partial charge on any atom is -0.494 e. The fourth-order valence-corrected chi connectivity index (χ4v) is 4.99. The Kier molecular flexibility index (Phi) is 9.31. The van der Waals surface area contributed by atoms with Crippen LogP contribution in [-0.4, -0.2) is 41.7 Å². The third-order valence-corrected chi connectivity index (χ3v) is 7.14. The second-order valence-electron chi connectivity index (χ2n) is 10.7. The van der Waals surface area contributed by atoms with Gasteiger partial charge in [0.1, 0.15) is 5.75 Å². The van der Waals surface area contributed by atoms with Crippen LogP contribution in [0.5, 0.6) is 5.75 Å². The minimum atomic E-state index is -1.27. The lowest BCUT2D eigenvalue weighted by Crippen LogP contribution is -2.55. The Labute approximate surface area is 247 Å². The summed E-state index contributed by atoms with van der Waals surface area (Å²) in [4.78, 5) is 19.2. The third kappa shape index (κ3) is 6.70. The molecule has 0 unspecified atom stereocenters. The molecule has 0 saturated heterocycles. The SMILES string of the molecule is CC(C)NNC(=O)[C@@]1(Cc2ccccc2)N=C(c2ccc(OCCCO)cc2)O[C@H]1c1ccc(-c2ccccc2)cc1. The molecule has 216 valence electrons. The molecule has 4 aromatic rings. The number of amides is 1. The highest BCUT2D eigenvalue weighted by Gasteiger charge is 2.53. The summed E-state index contributed by atoms with van der Waals surface area (Å²) in [5.74, 6) is 0.814. The maximum Gasteiger partial charge on any atom is 0.266 e. The fraction of sp³-hybridized carbons (Fsp3) is 0.257. The molecule has 1 aliphatic rings. The van der Waals surface area contributed by atoms with Gasteiger partial charge >= 0.3 is 0 Å². The first kappa shape index (κ1) is 29.0. The predicted octanol–water partition coefficient (Wildman–Crippen LogP) is 5.64. The number of nitrogens with one attached hydrogen (secondary N) is 2. The Bertz CT molecular complexity index is 1470. The van der Waals surface area contributed by atoms with Crippen LogP contribution in [0.15, 0.2) is 114 Å². The molecule has 5 rings (SSSR count). The Morgan fingerprint density at radius 3 is 2.14 bits per heavy atom. The molecule has 1 amide bonds. The molecule has 0 aliphatic carbocycles. The van der Waals surface area contributed by atoms with Gasteiger partial charge in [-0.25, -0.2) is 10.4 Å². The molecule has 0 radical (unpaired) electrons. The van der Waals surface area contributed by atoms with Crippen molar-refractivity contribution >= 4 is 11.8 Å². The number of hydrogen-bond donors (Lipinski definition) is 3. The smallest absolute Gasteiger partial charge is 0.266 e. The van der Waals surface area contributed by atoms with Crippen LogP contribution in [0, 0.1) is 0 Å². The maximum absolute atomic E-state index is 14.1. The number of hydrogen-bond acceptors (Lipinski definition) is 6. The van der Waals surface area contributed by atoms with Crippen molar-refractivity contribution < 1.29 is 19.4 Å². The molecule has 3 N–H and O–H groups in total. The number of ether oxygens (including phenoxy) is 2. The molecule has 1 heterocycles. The number of carbonyl (C=O) groups excluding carboxylic acids is 1. The van der Waals surface area contributed by atoms with Gasteiger partial charge in [0, 0.05) is 31.1 Å². The number of hydrazine groups is 1. The van der Waals surface area contributed by atoms with Gasteiger partial charge in [0.2, 0.25) is 5.90 Å². The second-order valence-corrected chi connectivity index (χ2v) is 10.7. The van der Waals surface area contributed by atoms with E-state index in [9.17, 15) is 4.79 Å². The van der Waals surface area contributed by atoms with Crippen molar-refractivity contribution in [3.63, 3.8) is 0 Å². The summed E-state index contributed by atoms with van der Waals surface area (Å²) in [5.41, 5.74) is 9.47. The molecule has 7 heteroatoms. The highest BCUT2D eigenvalue weighted by Crippen LogP contribution is 2.43. The number of benzene rings is 4. The van der Waals surface area contributed by atoms with E-state index < -0.39 is 11.6 Å². The van der Waals surface area contributed by atoms with Gasteiger partial charge in [-0.2, -0.15) is 0 Å². The van der Waals surface area contributed by atoms with Gasteiger partial charge in [-0.15, -0.1) is 0 Å².